The van der Waals surface area contributed by atoms with Crippen molar-refractivity contribution >= 4 is 12.2 Å². The van der Waals surface area contributed by atoms with E-state index in [1.54, 1.807) is 17.1 Å². The molecule has 0 unspecified atom stereocenters. The van der Waals surface area contributed by atoms with Crippen LogP contribution in [0.2, 0.25) is 0 Å². The molecular weight excluding hydrogens is 300 g/mol. The number of nitrogens with zero attached hydrogens (tertiary/aromatic N) is 3. The van der Waals surface area contributed by atoms with Crippen LogP contribution in [0.3, 0.4) is 0 Å². The topological polar surface area (TPSA) is 65.4 Å². The fourth-order valence-corrected chi connectivity index (χ4v) is 2.23. The second-order valence-corrected chi connectivity index (χ2v) is 5.67. The van der Waals surface area contributed by atoms with Crippen molar-refractivity contribution in [3.05, 3.63) is 77.1 Å². The molecule has 0 spiro atoms. The highest BCUT2D eigenvalue weighted by Gasteiger charge is 1.99. The first kappa shape index (κ1) is 15.8. The Hall–Kier alpha value is -3.08. The Kier molecular flexibility index (Phi) is 4.61. The highest BCUT2D eigenvalue weighted by atomic mass is 16.5. The first-order chi connectivity index (χ1) is 11.6. The molecule has 0 radical (unpaired) electrons. The molecule has 5 nitrogen and oxygen atoms in total. The van der Waals surface area contributed by atoms with E-state index in [1.807, 2.05) is 31.2 Å². The fourth-order valence-electron chi connectivity index (χ4n) is 2.23. The van der Waals surface area contributed by atoms with E-state index in [1.165, 1.54) is 5.56 Å². The van der Waals surface area contributed by atoms with Crippen LogP contribution in [0.1, 0.15) is 22.4 Å². The molecule has 3 rings (SSSR count). The molecule has 0 atom stereocenters. The zero-order valence-corrected chi connectivity index (χ0v) is 13.8. The number of nitrogen functional groups attached to an aromatic ring is 1. The number of anilines is 1. The molecule has 0 aliphatic rings. The average molecular weight is 320 g/mol. The van der Waals surface area contributed by atoms with Gasteiger partial charge in [0.1, 0.15) is 12.4 Å². The first-order valence-electron chi connectivity index (χ1n) is 7.74. The third-order valence-corrected chi connectivity index (χ3v) is 3.57. The Bertz CT molecular complexity index is 833. The van der Waals surface area contributed by atoms with Crippen molar-refractivity contribution in [2.75, 3.05) is 5.73 Å². The van der Waals surface area contributed by atoms with E-state index >= 15 is 0 Å². The van der Waals surface area contributed by atoms with Crippen molar-refractivity contribution in [1.82, 2.24) is 9.66 Å². The number of aryl methyl sites for hydroxylation is 2. The van der Waals surface area contributed by atoms with Crippen molar-refractivity contribution in [1.29, 1.82) is 0 Å². The highest BCUT2D eigenvalue weighted by molar-refractivity contribution is 5.79. The Morgan fingerprint density at radius 2 is 1.79 bits per heavy atom. The second-order valence-electron chi connectivity index (χ2n) is 5.67. The number of ether oxygens (including phenoxy) is 1. The Morgan fingerprint density at radius 3 is 2.42 bits per heavy atom. The molecule has 122 valence electrons. The lowest BCUT2D eigenvalue weighted by Gasteiger charge is -2.06. The minimum atomic E-state index is 0.377. The van der Waals surface area contributed by atoms with Crippen molar-refractivity contribution < 1.29 is 4.74 Å². The third kappa shape index (κ3) is 4.01. The molecule has 0 fully saturated rings. The summed E-state index contributed by atoms with van der Waals surface area (Å²) in [6.45, 7) is 4.50. The predicted octanol–water partition coefficient (Wildman–Crippen LogP) is 3.54. The van der Waals surface area contributed by atoms with Crippen molar-refractivity contribution in [3.8, 4) is 5.75 Å². The lowest BCUT2D eigenvalue weighted by Crippen LogP contribution is -1.97. The van der Waals surface area contributed by atoms with Crippen LogP contribution in [-0.4, -0.2) is 15.9 Å². The van der Waals surface area contributed by atoms with Gasteiger partial charge in [-0.1, -0.05) is 29.8 Å². The summed E-state index contributed by atoms with van der Waals surface area (Å²) in [5.41, 5.74) is 9.95. The third-order valence-electron chi connectivity index (χ3n) is 3.57. The number of nitrogens with two attached hydrogens (primary N) is 1. The van der Waals surface area contributed by atoms with Gasteiger partial charge in [0.25, 0.3) is 0 Å². The number of hydrogen-bond donors (Lipinski definition) is 1. The minimum absolute atomic E-state index is 0.377. The molecule has 0 aliphatic carbocycles. The molecule has 1 heterocycles. The molecule has 0 saturated carbocycles. The standard InChI is InChI=1S/C19H20N4O/c1-14-3-5-17(6-4-14)13-24-18-9-7-16(8-10-18)11-21-23-12-15(2)22-19(23)20/h3-12H,13H2,1-2H3,(H2,20,22). The van der Waals surface area contributed by atoms with Crippen LogP contribution in [0.5, 0.6) is 5.75 Å². The molecule has 2 N–H and O–H groups in total. The van der Waals surface area contributed by atoms with Crippen molar-refractivity contribution in [3.63, 3.8) is 0 Å². The normalized spacial score (nSPS) is 11.1. The second kappa shape index (κ2) is 7.00. The molecule has 24 heavy (non-hydrogen) atoms. The largest absolute Gasteiger partial charge is 0.489 e. The molecule has 3 aromatic rings. The molecule has 0 amide bonds. The van der Waals surface area contributed by atoms with Crippen LogP contribution >= 0.6 is 0 Å². The maximum Gasteiger partial charge on any atom is 0.221 e. The van der Waals surface area contributed by atoms with E-state index in [0.29, 0.717) is 12.6 Å². The summed E-state index contributed by atoms with van der Waals surface area (Å²) >= 11 is 0. The SMILES string of the molecule is Cc1ccc(COc2ccc(C=Nn3cc(C)nc3N)cc2)cc1. The summed E-state index contributed by atoms with van der Waals surface area (Å²) in [5.74, 6) is 1.20. The lowest BCUT2D eigenvalue weighted by atomic mass is 10.2. The van der Waals surface area contributed by atoms with Gasteiger partial charge in [-0.05, 0) is 49.2 Å². The number of aromatic nitrogens is 2. The fraction of sp³-hybridized carbons (Fsp3) is 0.158. The van der Waals surface area contributed by atoms with Gasteiger partial charge < -0.3 is 10.5 Å². The van der Waals surface area contributed by atoms with E-state index in [0.717, 1.165) is 22.6 Å². The maximum absolute atomic E-state index is 5.79. The van der Waals surface area contributed by atoms with Gasteiger partial charge in [0, 0.05) is 0 Å². The summed E-state index contributed by atoms with van der Waals surface area (Å²) in [5, 5.41) is 4.29. The van der Waals surface area contributed by atoms with E-state index in [2.05, 4.69) is 41.3 Å². The minimum Gasteiger partial charge on any atom is -0.489 e. The van der Waals surface area contributed by atoms with Crippen LogP contribution in [-0.2, 0) is 6.61 Å². The van der Waals surface area contributed by atoms with Crippen molar-refractivity contribution in [2.45, 2.75) is 20.5 Å². The van der Waals surface area contributed by atoms with E-state index < -0.39 is 0 Å². The Labute approximate surface area is 141 Å². The van der Waals surface area contributed by atoms with Gasteiger partial charge in [-0.15, -0.1) is 0 Å². The van der Waals surface area contributed by atoms with Crippen LogP contribution in [0.4, 0.5) is 5.95 Å². The number of hydrogen-bond acceptors (Lipinski definition) is 4. The molecule has 0 aliphatic heterocycles. The highest BCUT2D eigenvalue weighted by Crippen LogP contribution is 2.14. The Balaban J connectivity index is 1.60. The average Bonchev–Trinajstić information content (AvgIpc) is 2.91. The van der Waals surface area contributed by atoms with Crippen LogP contribution in [0.15, 0.2) is 59.8 Å². The lowest BCUT2D eigenvalue weighted by molar-refractivity contribution is 0.306. The van der Waals surface area contributed by atoms with E-state index in [-0.39, 0.29) is 0 Å². The number of benzene rings is 2. The van der Waals surface area contributed by atoms with Crippen LogP contribution in [0, 0.1) is 13.8 Å². The zero-order chi connectivity index (χ0) is 16.9. The first-order valence-corrected chi connectivity index (χ1v) is 7.74. The molecule has 0 saturated heterocycles. The summed E-state index contributed by atoms with van der Waals surface area (Å²) in [4.78, 5) is 4.10. The molecule has 5 heteroatoms. The molecule has 1 aromatic heterocycles. The van der Waals surface area contributed by atoms with Gasteiger partial charge in [-0.25, -0.2) is 9.66 Å². The van der Waals surface area contributed by atoms with Gasteiger partial charge in [-0.3, -0.25) is 0 Å². The van der Waals surface area contributed by atoms with Crippen LogP contribution < -0.4 is 10.5 Å². The van der Waals surface area contributed by atoms with E-state index in [9.17, 15) is 0 Å². The smallest absolute Gasteiger partial charge is 0.221 e. The molecular formula is C19H20N4O. The monoisotopic (exact) mass is 320 g/mol. The zero-order valence-electron chi connectivity index (χ0n) is 13.8. The van der Waals surface area contributed by atoms with E-state index in [4.69, 9.17) is 10.5 Å². The van der Waals surface area contributed by atoms with Gasteiger partial charge in [0.2, 0.25) is 5.95 Å². The van der Waals surface area contributed by atoms with Gasteiger partial charge in [-0.2, -0.15) is 5.10 Å². The van der Waals surface area contributed by atoms with Gasteiger partial charge in [0.15, 0.2) is 0 Å². The summed E-state index contributed by atoms with van der Waals surface area (Å²) in [7, 11) is 0. The summed E-state index contributed by atoms with van der Waals surface area (Å²) in [6, 6.07) is 16.1. The molecule has 2 aromatic carbocycles. The summed E-state index contributed by atoms with van der Waals surface area (Å²) < 4.78 is 7.35. The number of rotatable bonds is 5. The summed E-state index contributed by atoms with van der Waals surface area (Å²) in [6.07, 6.45) is 3.52. The van der Waals surface area contributed by atoms with Gasteiger partial charge in [0.05, 0.1) is 18.1 Å². The predicted molar refractivity (Wildman–Crippen MR) is 96.3 cm³/mol. The van der Waals surface area contributed by atoms with Crippen molar-refractivity contribution in [2.24, 2.45) is 5.10 Å². The quantitative estimate of drug-likeness (QED) is 0.731. The maximum atomic E-state index is 5.79. The Morgan fingerprint density at radius 1 is 1.08 bits per heavy atom. The van der Waals surface area contributed by atoms with Crippen LogP contribution in [0.25, 0.3) is 0 Å². The van der Waals surface area contributed by atoms with Gasteiger partial charge >= 0.3 is 0 Å². The number of imidazole rings is 1. The molecule has 0 bridgehead atoms.